The Balaban J connectivity index is 1.65. The highest BCUT2D eigenvalue weighted by atomic mass is 16.2. The molecule has 1 amide bonds. The van der Waals surface area contributed by atoms with Gasteiger partial charge in [-0.25, -0.2) is 4.79 Å². The largest absolute Gasteiger partial charge is 0.358 e. The summed E-state index contributed by atoms with van der Waals surface area (Å²) >= 11 is 0. The normalized spacial score (nSPS) is 18.2. The maximum Gasteiger partial charge on any atom is 0.332 e. The molecule has 0 bridgehead atoms. The van der Waals surface area contributed by atoms with E-state index in [2.05, 4.69) is 10.2 Å². The van der Waals surface area contributed by atoms with Crippen LogP contribution in [0.25, 0.3) is 0 Å². The standard InChI is InChI=1S/C15H23N5O3/c1-17-13-11(14(22)18(2)15(17)23)9-19(10-16-13)6-4-8-20-7-3-5-12(20)21/h16H,3-10H2,1-2H3. The minimum absolute atomic E-state index is 0.241. The molecular formula is C15H23N5O3. The summed E-state index contributed by atoms with van der Waals surface area (Å²) < 4.78 is 2.63. The van der Waals surface area contributed by atoms with Gasteiger partial charge in [0, 0.05) is 46.7 Å². The lowest BCUT2D eigenvalue weighted by Gasteiger charge is -2.31. The third-order valence-electron chi connectivity index (χ3n) is 4.68. The van der Waals surface area contributed by atoms with E-state index in [9.17, 15) is 14.4 Å². The van der Waals surface area contributed by atoms with E-state index in [0.717, 1.165) is 37.0 Å². The van der Waals surface area contributed by atoms with Crippen molar-refractivity contribution in [3.63, 3.8) is 0 Å². The number of hydrogen-bond acceptors (Lipinski definition) is 5. The molecule has 0 atom stereocenters. The summed E-state index contributed by atoms with van der Waals surface area (Å²) in [5, 5.41) is 3.17. The quantitative estimate of drug-likeness (QED) is 0.792. The summed E-state index contributed by atoms with van der Waals surface area (Å²) in [7, 11) is 3.17. The first-order chi connectivity index (χ1) is 11.0. The number of nitrogens with zero attached hydrogens (tertiary/aromatic N) is 4. The van der Waals surface area contributed by atoms with Gasteiger partial charge in [-0.05, 0) is 12.8 Å². The highest BCUT2D eigenvalue weighted by Gasteiger charge is 2.24. The lowest BCUT2D eigenvalue weighted by molar-refractivity contribution is -0.127. The van der Waals surface area contributed by atoms with Crippen LogP contribution in [0.4, 0.5) is 5.82 Å². The van der Waals surface area contributed by atoms with E-state index in [4.69, 9.17) is 0 Å². The van der Waals surface area contributed by atoms with Crippen LogP contribution in [0.5, 0.6) is 0 Å². The summed E-state index contributed by atoms with van der Waals surface area (Å²) in [5.41, 5.74) is 0.0652. The fourth-order valence-corrected chi connectivity index (χ4v) is 3.33. The highest BCUT2D eigenvalue weighted by molar-refractivity contribution is 5.77. The van der Waals surface area contributed by atoms with E-state index < -0.39 is 0 Å². The predicted molar refractivity (Wildman–Crippen MR) is 86.3 cm³/mol. The molecule has 1 aromatic rings. The van der Waals surface area contributed by atoms with Crippen LogP contribution in [0.2, 0.25) is 0 Å². The SMILES string of the molecule is Cn1c2c(c(=O)n(C)c1=O)CN(CCCN1CCCC1=O)CN2. The van der Waals surface area contributed by atoms with Crippen LogP contribution in [0.3, 0.4) is 0 Å². The van der Waals surface area contributed by atoms with Crippen molar-refractivity contribution in [2.24, 2.45) is 14.1 Å². The smallest absolute Gasteiger partial charge is 0.332 e. The van der Waals surface area contributed by atoms with Gasteiger partial charge in [-0.3, -0.25) is 23.6 Å². The van der Waals surface area contributed by atoms with Crippen molar-refractivity contribution in [1.29, 1.82) is 0 Å². The fourth-order valence-electron chi connectivity index (χ4n) is 3.33. The van der Waals surface area contributed by atoms with Crippen molar-refractivity contribution in [1.82, 2.24) is 18.9 Å². The average molecular weight is 321 g/mol. The summed E-state index contributed by atoms with van der Waals surface area (Å²) in [6.45, 7) is 3.57. The van der Waals surface area contributed by atoms with Gasteiger partial charge < -0.3 is 10.2 Å². The molecule has 1 saturated heterocycles. The van der Waals surface area contributed by atoms with Crippen molar-refractivity contribution in [2.45, 2.75) is 25.8 Å². The Morgan fingerprint density at radius 2 is 1.87 bits per heavy atom. The summed E-state index contributed by atoms with van der Waals surface area (Å²) in [5.74, 6) is 0.861. The van der Waals surface area contributed by atoms with Gasteiger partial charge in [-0.15, -0.1) is 0 Å². The number of rotatable bonds is 4. The highest BCUT2D eigenvalue weighted by Crippen LogP contribution is 2.17. The minimum atomic E-state index is -0.317. The number of likely N-dealkylation sites (tertiary alicyclic amines) is 1. The first kappa shape index (κ1) is 15.8. The molecule has 0 aromatic carbocycles. The van der Waals surface area contributed by atoms with Crippen molar-refractivity contribution in [3.05, 3.63) is 26.4 Å². The first-order valence-corrected chi connectivity index (χ1v) is 8.02. The van der Waals surface area contributed by atoms with E-state index in [1.807, 2.05) is 4.90 Å². The summed E-state index contributed by atoms with van der Waals surface area (Å²) in [4.78, 5) is 39.9. The molecule has 8 nitrogen and oxygen atoms in total. The number of hydrogen-bond donors (Lipinski definition) is 1. The van der Waals surface area contributed by atoms with Gasteiger partial charge >= 0.3 is 5.69 Å². The van der Waals surface area contributed by atoms with Gasteiger partial charge in [0.2, 0.25) is 5.91 Å². The molecule has 1 fully saturated rings. The number of carbonyl (C=O) groups excluding carboxylic acids is 1. The molecule has 0 radical (unpaired) electrons. The molecule has 0 saturated carbocycles. The van der Waals surface area contributed by atoms with Crippen LogP contribution < -0.4 is 16.6 Å². The zero-order valence-corrected chi connectivity index (χ0v) is 13.7. The molecule has 0 aliphatic carbocycles. The molecule has 2 aliphatic heterocycles. The molecule has 0 spiro atoms. The Labute approximate surface area is 134 Å². The number of nitrogens with one attached hydrogen (secondary N) is 1. The minimum Gasteiger partial charge on any atom is -0.358 e. The second kappa shape index (κ2) is 6.19. The van der Waals surface area contributed by atoms with Gasteiger partial charge in [-0.1, -0.05) is 0 Å². The Morgan fingerprint density at radius 1 is 1.09 bits per heavy atom. The summed E-state index contributed by atoms with van der Waals surface area (Å²) in [6, 6.07) is 0. The van der Waals surface area contributed by atoms with Crippen LogP contribution in [0.1, 0.15) is 24.8 Å². The average Bonchev–Trinajstić information content (AvgIpc) is 2.96. The number of carbonyl (C=O) groups is 1. The molecule has 1 aromatic heterocycles. The van der Waals surface area contributed by atoms with Crippen LogP contribution in [-0.4, -0.2) is 51.1 Å². The molecule has 3 heterocycles. The Hall–Kier alpha value is -2.09. The second-order valence-electron chi connectivity index (χ2n) is 6.26. The van der Waals surface area contributed by atoms with Gasteiger partial charge in [0.25, 0.3) is 5.56 Å². The molecule has 8 heteroatoms. The van der Waals surface area contributed by atoms with Gasteiger partial charge in [0.05, 0.1) is 12.2 Å². The van der Waals surface area contributed by atoms with E-state index in [-0.39, 0.29) is 17.2 Å². The second-order valence-corrected chi connectivity index (χ2v) is 6.26. The zero-order chi connectivity index (χ0) is 16.6. The molecule has 23 heavy (non-hydrogen) atoms. The number of fused-ring (bicyclic) bond motifs is 1. The van der Waals surface area contributed by atoms with E-state index in [1.165, 1.54) is 11.6 Å². The van der Waals surface area contributed by atoms with E-state index in [1.54, 1.807) is 7.05 Å². The zero-order valence-electron chi connectivity index (χ0n) is 13.7. The lowest BCUT2D eigenvalue weighted by Crippen LogP contribution is -2.46. The maximum absolute atomic E-state index is 12.3. The molecule has 1 N–H and O–H groups in total. The van der Waals surface area contributed by atoms with E-state index in [0.29, 0.717) is 31.0 Å². The van der Waals surface area contributed by atoms with Gasteiger partial charge in [0.1, 0.15) is 5.82 Å². The Kier molecular flexibility index (Phi) is 4.25. The summed E-state index contributed by atoms with van der Waals surface area (Å²) in [6.07, 6.45) is 2.51. The molecule has 0 unspecified atom stereocenters. The van der Waals surface area contributed by atoms with Crippen molar-refractivity contribution in [2.75, 3.05) is 31.6 Å². The topological polar surface area (TPSA) is 79.6 Å². The first-order valence-electron chi connectivity index (χ1n) is 8.02. The van der Waals surface area contributed by atoms with Gasteiger partial charge in [0.15, 0.2) is 0 Å². The molecule has 3 rings (SSSR count). The Morgan fingerprint density at radius 3 is 2.57 bits per heavy atom. The van der Waals surface area contributed by atoms with Crippen LogP contribution in [0, 0.1) is 0 Å². The third-order valence-corrected chi connectivity index (χ3v) is 4.68. The molecule has 126 valence electrons. The number of amides is 1. The fraction of sp³-hybridized carbons (Fsp3) is 0.667. The third kappa shape index (κ3) is 2.90. The van der Waals surface area contributed by atoms with Crippen molar-refractivity contribution >= 4 is 11.7 Å². The number of anilines is 1. The molecular weight excluding hydrogens is 298 g/mol. The molecule has 2 aliphatic rings. The van der Waals surface area contributed by atoms with Gasteiger partial charge in [-0.2, -0.15) is 0 Å². The van der Waals surface area contributed by atoms with E-state index >= 15 is 0 Å². The lowest BCUT2D eigenvalue weighted by atomic mass is 10.2. The Bertz CT molecular complexity index is 736. The monoisotopic (exact) mass is 321 g/mol. The van der Waals surface area contributed by atoms with Crippen LogP contribution in [-0.2, 0) is 25.4 Å². The van der Waals surface area contributed by atoms with Crippen molar-refractivity contribution in [3.8, 4) is 0 Å². The predicted octanol–water partition coefficient (Wildman–Crippen LogP) is -0.718. The maximum atomic E-state index is 12.3. The van der Waals surface area contributed by atoms with Crippen molar-refractivity contribution < 1.29 is 4.79 Å². The van der Waals surface area contributed by atoms with Crippen LogP contribution in [0.15, 0.2) is 9.59 Å². The van der Waals surface area contributed by atoms with Crippen LogP contribution >= 0.6 is 0 Å². The number of aromatic nitrogens is 2.